The second-order valence-corrected chi connectivity index (χ2v) is 7.58. The number of amides is 1. The molecular formula is C15H18N4OS2. The fraction of sp³-hybridized carbons (Fsp3) is 0.533. The minimum Gasteiger partial charge on any atom is -0.329 e. The smallest absolute Gasteiger partial charge is 0.275 e. The number of nitrogens with zero attached hydrogens (tertiary/aromatic N) is 3. The average Bonchev–Trinajstić information content (AvgIpc) is 3.02. The van der Waals surface area contributed by atoms with E-state index in [-0.39, 0.29) is 5.91 Å². The largest absolute Gasteiger partial charge is 0.329 e. The molecule has 7 heteroatoms. The van der Waals surface area contributed by atoms with Crippen molar-refractivity contribution >= 4 is 28.8 Å². The molecule has 1 amide bonds. The number of rotatable bonds is 4. The zero-order valence-corrected chi connectivity index (χ0v) is 13.8. The molecule has 0 aromatic carbocycles. The van der Waals surface area contributed by atoms with Crippen molar-refractivity contribution in [2.24, 2.45) is 5.41 Å². The van der Waals surface area contributed by atoms with Crippen molar-refractivity contribution < 1.29 is 4.79 Å². The topological polar surface area (TPSA) is 58.1 Å². The van der Waals surface area contributed by atoms with Gasteiger partial charge in [-0.05, 0) is 71.7 Å². The molecule has 1 N–H and O–H groups in total. The second kappa shape index (κ2) is 5.72. The van der Waals surface area contributed by atoms with Crippen LogP contribution in [0.2, 0.25) is 0 Å². The highest BCUT2D eigenvalue weighted by Crippen LogP contribution is 2.56. The Bertz CT molecular complexity index is 635. The molecule has 4 rings (SSSR count). The maximum atomic E-state index is 12.9. The molecule has 116 valence electrons. The summed E-state index contributed by atoms with van der Waals surface area (Å²) in [6.07, 6.45) is 3.46. The quantitative estimate of drug-likeness (QED) is 0.933. The van der Waals surface area contributed by atoms with Crippen LogP contribution in [0.1, 0.15) is 35.3 Å². The Morgan fingerprint density at radius 1 is 1.41 bits per heavy atom. The Balaban J connectivity index is 1.57. The Morgan fingerprint density at radius 3 is 2.95 bits per heavy atom. The predicted octanol–water partition coefficient (Wildman–Crippen LogP) is 2.38. The monoisotopic (exact) mass is 334 g/mol. The highest BCUT2D eigenvalue weighted by Gasteiger charge is 2.57. The molecule has 1 aliphatic carbocycles. The van der Waals surface area contributed by atoms with E-state index in [2.05, 4.69) is 31.7 Å². The van der Waals surface area contributed by atoms with Crippen LogP contribution in [0.15, 0.2) is 22.2 Å². The SMILES string of the molecule is O=C(c1csnn1)N(Cc1ccsc1)[C@H]1CC12CCNCC2. The van der Waals surface area contributed by atoms with Crippen molar-refractivity contribution in [2.75, 3.05) is 13.1 Å². The molecule has 0 radical (unpaired) electrons. The summed E-state index contributed by atoms with van der Waals surface area (Å²) in [5.74, 6) is 0.0281. The van der Waals surface area contributed by atoms with E-state index in [1.807, 2.05) is 4.90 Å². The molecule has 3 heterocycles. The van der Waals surface area contributed by atoms with E-state index < -0.39 is 0 Å². The van der Waals surface area contributed by atoms with Gasteiger partial charge in [-0.1, -0.05) is 4.49 Å². The summed E-state index contributed by atoms with van der Waals surface area (Å²) in [5.41, 5.74) is 2.02. The Kier molecular flexibility index (Phi) is 3.71. The van der Waals surface area contributed by atoms with E-state index in [0.29, 0.717) is 23.7 Å². The van der Waals surface area contributed by atoms with E-state index in [1.54, 1.807) is 16.7 Å². The number of nitrogens with one attached hydrogen (secondary N) is 1. The molecule has 2 aromatic rings. The van der Waals surface area contributed by atoms with E-state index in [1.165, 1.54) is 29.9 Å². The summed E-state index contributed by atoms with van der Waals surface area (Å²) in [6, 6.07) is 2.45. The van der Waals surface area contributed by atoms with Crippen LogP contribution in [0.4, 0.5) is 0 Å². The molecular weight excluding hydrogens is 316 g/mol. The zero-order chi connectivity index (χ0) is 15.0. The van der Waals surface area contributed by atoms with Crippen molar-refractivity contribution in [3.05, 3.63) is 33.5 Å². The van der Waals surface area contributed by atoms with Gasteiger partial charge in [0.25, 0.3) is 5.91 Å². The summed E-state index contributed by atoms with van der Waals surface area (Å²) in [4.78, 5) is 14.9. The van der Waals surface area contributed by atoms with Gasteiger partial charge in [0.1, 0.15) is 0 Å². The van der Waals surface area contributed by atoms with Gasteiger partial charge in [-0.3, -0.25) is 4.79 Å². The number of hydrogen-bond donors (Lipinski definition) is 1. The van der Waals surface area contributed by atoms with E-state index in [9.17, 15) is 4.79 Å². The van der Waals surface area contributed by atoms with Gasteiger partial charge >= 0.3 is 0 Å². The van der Waals surface area contributed by atoms with Crippen molar-refractivity contribution in [1.82, 2.24) is 19.8 Å². The number of aromatic nitrogens is 2. The third-order valence-corrected chi connectivity index (χ3v) is 6.13. The first kappa shape index (κ1) is 14.3. The molecule has 1 spiro atoms. The number of piperidine rings is 1. The van der Waals surface area contributed by atoms with Gasteiger partial charge in [0, 0.05) is 18.0 Å². The summed E-state index contributed by atoms with van der Waals surface area (Å²) in [5, 5.41) is 13.3. The average molecular weight is 334 g/mol. The minimum atomic E-state index is 0.0281. The van der Waals surface area contributed by atoms with Crippen LogP contribution in [-0.4, -0.2) is 39.5 Å². The molecule has 1 saturated heterocycles. The summed E-state index contributed by atoms with van der Waals surface area (Å²) >= 11 is 2.91. The van der Waals surface area contributed by atoms with Crippen LogP contribution >= 0.6 is 22.9 Å². The van der Waals surface area contributed by atoms with Crippen LogP contribution < -0.4 is 5.32 Å². The lowest BCUT2D eigenvalue weighted by Crippen LogP contribution is -2.39. The van der Waals surface area contributed by atoms with E-state index >= 15 is 0 Å². The molecule has 0 bridgehead atoms. The number of carbonyl (C=O) groups is 1. The lowest BCUT2D eigenvalue weighted by molar-refractivity contribution is 0.0686. The van der Waals surface area contributed by atoms with Crippen LogP contribution in [0.5, 0.6) is 0 Å². The van der Waals surface area contributed by atoms with Gasteiger partial charge in [0.2, 0.25) is 0 Å². The molecule has 5 nitrogen and oxygen atoms in total. The second-order valence-electron chi connectivity index (χ2n) is 6.19. The van der Waals surface area contributed by atoms with Gasteiger partial charge in [-0.25, -0.2) is 0 Å². The highest BCUT2D eigenvalue weighted by molar-refractivity contribution is 7.08. The van der Waals surface area contributed by atoms with E-state index in [4.69, 9.17) is 0 Å². The minimum absolute atomic E-state index is 0.0281. The fourth-order valence-corrected chi connectivity index (χ4v) is 4.63. The van der Waals surface area contributed by atoms with Crippen LogP contribution in [0.25, 0.3) is 0 Å². The lowest BCUT2D eigenvalue weighted by Gasteiger charge is -2.29. The third-order valence-electron chi connectivity index (χ3n) is 4.90. The molecule has 22 heavy (non-hydrogen) atoms. The van der Waals surface area contributed by atoms with Crippen molar-refractivity contribution in [2.45, 2.75) is 31.8 Å². The summed E-state index contributed by atoms with van der Waals surface area (Å²) in [7, 11) is 0. The highest BCUT2D eigenvalue weighted by atomic mass is 32.1. The predicted molar refractivity (Wildman–Crippen MR) is 87.0 cm³/mol. The van der Waals surface area contributed by atoms with Crippen LogP contribution in [0, 0.1) is 5.41 Å². The zero-order valence-electron chi connectivity index (χ0n) is 12.2. The Labute approximate surface area is 137 Å². The third kappa shape index (κ3) is 2.57. The molecule has 2 aromatic heterocycles. The van der Waals surface area contributed by atoms with Crippen molar-refractivity contribution in [1.29, 1.82) is 0 Å². The van der Waals surface area contributed by atoms with Gasteiger partial charge in [-0.2, -0.15) is 11.3 Å². The first-order chi connectivity index (χ1) is 10.8. The Hall–Kier alpha value is -1.31. The maximum absolute atomic E-state index is 12.9. The first-order valence-electron chi connectivity index (χ1n) is 7.58. The van der Waals surface area contributed by atoms with E-state index in [0.717, 1.165) is 19.5 Å². The standard InChI is InChI=1S/C15H18N4OS2/c20-14(12-10-22-18-17-12)19(8-11-1-6-21-9-11)13-7-15(13)2-4-16-5-3-15/h1,6,9-10,13,16H,2-5,7-8H2/t13-/m0/s1. The summed E-state index contributed by atoms with van der Waals surface area (Å²) in [6.45, 7) is 2.81. The number of carbonyl (C=O) groups excluding carboxylic acids is 1. The van der Waals surface area contributed by atoms with Crippen LogP contribution in [-0.2, 0) is 6.54 Å². The maximum Gasteiger partial charge on any atom is 0.275 e. The van der Waals surface area contributed by atoms with Gasteiger partial charge in [0.05, 0.1) is 0 Å². The number of thiophene rings is 1. The molecule has 1 aliphatic heterocycles. The van der Waals surface area contributed by atoms with Crippen LogP contribution in [0.3, 0.4) is 0 Å². The van der Waals surface area contributed by atoms with Gasteiger partial charge in [0.15, 0.2) is 5.69 Å². The first-order valence-corrected chi connectivity index (χ1v) is 9.36. The normalized spacial score (nSPS) is 22.6. The molecule has 0 unspecified atom stereocenters. The molecule has 2 fully saturated rings. The van der Waals surface area contributed by atoms with Gasteiger partial charge < -0.3 is 10.2 Å². The Morgan fingerprint density at radius 2 is 2.27 bits per heavy atom. The lowest BCUT2D eigenvalue weighted by atomic mass is 9.93. The fourth-order valence-electron chi connectivity index (χ4n) is 3.54. The molecule has 1 saturated carbocycles. The molecule has 1 atom stereocenters. The number of hydrogen-bond acceptors (Lipinski definition) is 6. The van der Waals surface area contributed by atoms with Crippen molar-refractivity contribution in [3.63, 3.8) is 0 Å². The molecule has 2 aliphatic rings. The van der Waals surface area contributed by atoms with Crippen molar-refractivity contribution in [3.8, 4) is 0 Å². The van der Waals surface area contributed by atoms with Gasteiger partial charge in [-0.15, -0.1) is 5.10 Å². The summed E-state index contributed by atoms with van der Waals surface area (Å²) < 4.78 is 3.84.